The Labute approximate surface area is 181 Å². The van der Waals surface area contributed by atoms with Crippen molar-refractivity contribution in [1.82, 2.24) is 13.5 Å². The van der Waals surface area contributed by atoms with Gasteiger partial charge >= 0.3 is 6.61 Å². The van der Waals surface area contributed by atoms with Crippen LogP contribution in [0.3, 0.4) is 0 Å². The Morgan fingerprint density at radius 1 is 0.968 bits per heavy atom. The molecule has 2 saturated heterocycles. The number of benzene rings is 1. The van der Waals surface area contributed by atoms with Crippen LogP contribution in [0.5, 0.6) is 11.5 Å². The van der Waals surface area contributed by atoms with E-state index in [1.165, 1.54) is 22.5 Å². The number of carbonyl (C=O) groups excluding carboxylic acids is 1. The lowest BCUT2D eigenvalue weighted by molar-refractivity contribution is -0.0514. The van der Waals surface area contributed by atoms with Gasteiger partial charge in [0.2, 0.25) is 0 Å². The van der Waals surface area contributed by atoms with Crippen molar-refractivity contribution in [2.75, 3.05) is 45.9 Å². The second-order valence-corrected chi connectivity index (χ2v) is 9.41. The molecule has 0 bridgehead atoms. The number of piperazine rings is 1. The van der Waals surface area contributed by atoms with E-state index in [1.54, 1.807) is 16.1 Å². The number of hydrogen-bond acceptors (Lipinski definition) is 5. The number of nitrogens with zero attached hydrogens (tertiary/aromatic N) is 3. The van der Waals surface area contributed by atoms with Gasteiger partial charge in [-0.15, -0.1) is 0 Å². The summed E-state index contributed by atoms with van der Waals surface area (Å²) in [4.78, 5) is 14.5. The van der Waals surface area contributed by atoms with E-state index < -0.39 is 16.8 Å². The molecular weight excluding hydrogens is 432 g/mol. The van der Waals surface area contributed by atoms with Crippen molar-refractivity contribution in [2.45, 2.75) is 39.2 Å². The standard InChI is InChI=1S/C20H29F2N3O5S/c1-2-29-18-15-16(7-8-17(18)30-20(21)22)19(26)23-11-13-25(14-12-23)31(27,28)24-9-5-3-4-6-10-24/h7-8,15,20H,2-6,9-14H2,1H3. The first-order valence-electron chi connectivity index (χ1n) is 10.6. The molecule has 0 saturated carbocycles. The minimum Gasteiger partial charge on any atom is -0.490 e. The zero-order chi connectivity index (χ0) is 22.4. The summed E-state index contributed by atoms with van der Waals surface area (Å²) in [7, 11) is -3.53. The molecule has 3 rings (SSSR count). The number of amides is 1. The van der Waals surface area contributed by atoms with Crippen LogP contribution < -0.4 is 9.47 Å². The van der Waals surface area contributed by atoms with Gasteiger partial charge in [0.25, 0.3) is 16.1 Å². The van der Waals surface area contributed by atoms with Gasteiger partial charge in [-0.05, 0) is 38.0 Å². The molecule has 1 aromatic rings. The second-order valence-electron chi connectivity index (χ2n) is 7.49. The van der Waals surface area contributed by atoms with E-state index in [4.69, 9.17) is 4.74 Å². The van der Waals surface area contributed by atoms with Crippen LogP contribution in [0.25, 0.3) is 0 Å². The molecule has 174 valence electrons. The Balaban J connectivity index is 1.65. The molecule has 2 aliphatic rings. The van der Waals surface area contributed by atoms with E-state index in [0.717, 1.165) is 25.7 Å². The average molecular weight is 462 g/mol. The Hall–Kier alpha value is -1.98. The maximum Gasteiger partial charge on any atom is 0.387 e. The molecule has 0 N–H and O–H groups in total. The average Bonchev–Trinajstić information content (AvgIpc) is 3.05. The van der Waals surface area contributed by atoms with Gasteiger partial charge in [0.1, 0.15) is 0 Å². The van der Waals surface area contributed by atoms with Crippen molar-refractivity contribution < 1.29 is 31.5 Å². The molecule has 31 heavy (non-hydrogen) atoms. The summed E-state index contributed by atoms with van der Waals surface area (Å²) >= 11 is 0. The highest BCUT2D eigenvalue weighted by molar-refractivity contribution is 7.86. The third-order valence-electron chi connectivity index (χ3n) is 5.45. The van der Waals surface area contributed by atoms with E-state index in [-0.39, 0.29) is 55.8 Å². The van der Waals surface area contributed by atoms with E-state index in [2.05, 4.69) is 4.74 Å². The molecule has 8 nitrogen and oxygen atoms in total. The second kappa shape index (κ2) is 10.6. The largest absolute Gasteiger partial charge is 0.490 e. The highest BCUT2D eigenvalue weighted by Crippen LogP contribution is 2.30. The maximum atomic E-state index is 12.9. The first-order valence-corrected chi connectivity index (χ1v) is 12.0. The normalized spacial score (nSPS) is 19.3. The zero-order valence-corrected chi connectivity index (χ0v) is 18.5. The van der Waals surface area contributed by atoms with Gasteiger partial charge < -0.3 is 14.4 Å². The molecular formula is C20H29F2N3O5S. The summed E-state index contributed by atoms with van der Waals surface area (Å²) in [6.45, 7) is 0.944. The van der Waals surface area contributed by atoms with Gasteiger partial charge in [-0.25, -0.2) is 0 Å². The Kier molecular flexibility index (Phi) is 8.06. The van der Waals surface area contributed by atoms with Crippen LogP contribution in [-0.4, -0.2) is 80.3 Å². The fourth-order valence-corrected chi connectivity index (χ4v) is 5.51. The van der Waals surface area contributed by atoms with Gasteiger partial charge in [-0.1, -0.05) is 12.8 Å². The monoisotopic (exact) mass is 461 g/mol. The molecule has 11 heteroatoms. The van der Waals surface area contributed by atoms with Crippen LogP contribution in [0.4, 0.5) is 8.78 Å². The number of rotatable bonds is 7. The van der Waals surface area contributed by atoms with Crippen LogP contribution in [-0.2, 0) is 10.2 Å². The van der Waals surface area contributed by atoms with Crippen molar-refractivity contribution in [3.8, 4) is 11.5 Å². The summed E-state index contributed by atoms with van der Waals surface area (Å²) in [5, 5.41) is 0. The smallest absolute Gasteiger partial charge is 0.387 e. The van der Waals surface area contributed by atoms with Crippen LogP contribution >= 0.6 is 0 Å². The first kappa shape index (κ1) is 23.7. The fraction of sp³-hybridized carbons (Fsp3) is 0.650. The van der Waals surface area contributed by atoms with Crippen LogP contribution in [0, 0.1) is 0 Å². The number of ether oxygens (including phenoxy) is 2. The van der Waals surface area contributed by atoms with Crippen molar-refractivity contribution in [3.05, 3.63) is 23.8 Å². The number of carbonyl (C=O) groups is 1. The Morgan fingerprint density at radius 2 is 1.58 bits per heavy atom. The lowest BCUT2D eigenvalue weighted by Gasteiger charge is -2.36. The van der Waals surface area contributed by atoms with Crippen LogP contribution in [0.15, 0.2) is 18.2 Å². The van der Waals surface area contributed by atoms with Crippen molar-refractivity contribution >= 4 is 16.1 Å². The van der Waals surface area contributed by atoms with Crippen LogP contribution in [0.2, 0.25) is 0 Å². The fourth-order valence-electron chi connectivity index (χ4n) is 3.84. The summed E-state index contributed by atoms with van der Waals surface area (Å²) in [5.74, 6) is -0.380. The summed E-state index contributed by atoms with van der Waals surface area (Å²) in [5.41, 5.74) is 0.272. The maximum absolute atomic E-state index is 12.9. The Bertz CT molecular complexity index is 852. The van der Waals surface area contributed by atoms with Crippen molar-refractivity contribution in [1.29, 1.82) is 0 Å². The predicted octanol–water partition coefficient (Wildman–Crippen LogP) is 2.57. The van der Waals surface area contributed by atoms with Gasteiger partial charge in [-0.2, -0.15) is 25.8 Å². The molecule has 1 aromatic carbocycles. The molecule has 2 heterocycles. The zero-order valence-electron chi connectivity index (χ0n) is 17.6. The van der Waals surface area contributed by atoms with E-state index in [0.29, 0.717) is 13.1 Å². The summed E-state index contributed by atoms with van der Waals surface area (Å²) < 4.78 is 63.8. The third kappa shape index (κ3) is 5.83. The molecule has 0 spiro atoms. The molecule has 0 unspecified atom stereocenters. The lowest BCUT2D eigenvalue weighted by atomic mass is 10.1. The molecule has 2 aliphatic heterocycles. The molecule has 0 aliphatic carbocycles. The predicted molar refractivity (Wildman–Crippen MR) is 111 cm³/mol. The van der Waals surface area contributed by atoms with E-state index >= 15 is 0 Å². The van der Waals surface area contributed by atoms with Crippen molar-refractivity contribution in [3.63, 3.8) is 0 Å². The highest BCUT2D eigenvalue weighted by Gasteiger charge is 2.34. The van der Waals surface area contributed by atoms with Gasteiger partial charge in [0.15, 0.2) is 11.5 Å². The van der Waals surface area contributed by atoms with Crippen molar-refractivity contribution in [2.24, 2.45) is 0 Å². The van der Waals surface area contributed by atoms with E-state index in [1.807, 2.05) is 0 Å². The number of hydrogen-bond donors (Lipinski definition) is 0. The summed E-state index contributed by atoms with van der Waals surface area (Å²) in [6, 6.07) is 4.07. The van der Waals surface area contributed by atoms with Gasteiger partial charge in [0, 0.05) is 44.8 Å². The summed E-state index contributed by atoms with van der Waals surface area (Å²) in [6.07, 6.45) is 3.81. The first-order chi connectivity index (χ1) is 14.8. The quantitative estimate of drug-likeness (QED) is 0.624. The lowest BCUT2D eigenvalue weighted by Crippen LogP contribution is -2.54. The molecule has 2 fully saturated rings. The minimum atomic E-state index is -3.53. The van der Waals surface area contributed by atoms with Crippen LogP contribution in [0.1, 0.15) is 43.0 Å². The van der Waals surface area contributed by atoms with Gasteiger partial charge in [-0.3, -0.25) is 4.79 Å². The van der Waals surface area contributed by atoms with Gasteiger partial charge in [0.05, 0.1) is 6.61 Å². The molecule has 0 atom stereocenters. The highest BCUT2D eigenvalue weighted by atomic mass is 32.2. The Morgan fingerprint density at radius 3 is 2.16 bits per heavy atom. The van der Waals surface area contributed by atoms with E-state index in [9.17, 15) is 22.0 Å². The SMILES string of the molecule is CCOc1cc(C(=O)N2CCN(S(=O)(=O)N3CCCCCC3)CC2)ccc1OC(F)F. The number of halogens is 2. The molecule has 0 radical (unpaired) electrons. The number of alkyl halides is 2. The topological polar surface area (TPSA) is 79.4 Å². The minimum absolute atomic E-state index is 0.0658. The molecule has 0 aromatic heterocycles. The third-order valence-corrected chi connectivity index (χ3v) is 7.49. The molecule has 1 amide bonds.